The molecule has 22 heavy (non-hydrogen) atoms. The minimum absolute atomic E-state index is 0.112. The number of hydrogen-bond acceptors (Lipinski definition) is 3. The molecule has 0 radical (unpaired) electrons. The van der Waals surface area contributed by atoms with Crippen molar-refractivity contribution in [3.05, 3.63) is 64.6 Å². The van der Waals surface area contributed by atoms with Gasteiger partial charge in [-0.05, 0) is 35.9 Å². The van der Waals surface area contributed by atoms with E-state index in [0.717, 1.165) is 16.1 Å². The molecule has 110 valence electrons. The zero-order valence-corrected chi connectivity index (χ0v) is 12.7. The highest BCUT2D eigenvalue weighted by atomic mass is 32.2. The van der Waals surface area contributed by atoms with Gasteiger partial charge >= 0.3 is 0 Å². The summed E-state index contributed by atoms with van der Waals surface area (Å²) in [4.78, 5) is 25.3. The van der Waals surface area contributed by atoms with E-state index in [9.17, 15) is 9.59 Å². The van der Waals surface area contributed by atoms with Gasteiger partial charge in [-0.15, -0.1) is 0 Å². The monoisotopic (exact) mass is 310 g/mol. The van der Waals surface area contributed by atoms with Crippen LogP contribution in [0.25, 0.3) is 6.08 Å². The van der Waals surface area contributed by atoms with E-state index in [1.807, 2.05) is 42.5 Å². The van der Waals surface area contributed by atoms with Crippen LogP contribution in [0, 0.1) is 0 Å². The fraction of sp³-hybridized carbons (Fsp3) is 0.0588. The topological polar surface area (TPSA) is 58.2 Å². The molecular weight excluding hydrogens is 296 g/mol. The molecule has 1 heterocycles. The lowest BCUT2D eigenvalue weighted by molar-refractivity contribution is -0.112. The summed E-state index contributed by atoms with van der Waals surface area (Å²) in [5.41, 5.74) is 2.31. The van der Waals surface area contributed by atoms with Crippen molar-refractivity contribution in [2.75, 3.05) is 12.4 Å². The second-order valence-electron chi connectivity index (χ2n) is 4.76. The van der Waals surface area contributed by atoms with Crippen molar-refractivity contribution >= 4 is 35.3 Å². The maximum Gasteiger partial charge on any atom is 0.262 e. The normalized spacial score (nSPS) is 15.1. The van der Waals surface area contributed by atoms with Gasteiger partial charge in [0.2, 0.25) is 0 Å². The standard InChI is InChI=1S/C17H14N2O2S/c1-18-16(20)12-8-6-11(7-9-12)10-15-17(21)19-13-4-2-3-5-14(13)22-15/h2-10H,1H3,(H,18,20)(H,19,21)/b15-10+. The van der Waals surface area contributed by atoms with E-state index in [1.54, 1.807) is 19.2 Å². The molecule has 3 rings (SSSR count). The summed E-state index contributed by atoms with van der Waals surface area (Å²) >= 11 is 1.44. The summed E-state index contributed by atoms with van der Waals surface area (Å²) < 4.78 is 0. The van der Waals surface area contributed by atoms with Crippen molar-refractivity contribution in [2.24, 2.45) is 0 Å². The van der Waals surface area contributed by atoms with E-state index in [4.69, 9.17) is 0 Å². The van der Waals surface area contributed by atoms with Crippen LogP contribution in [0.5, 0.6) is 0 Å². The van der Waals surface area contributed by atoms with E-state index in [-0.39, 0.29) is 11.8 Å². The molecule has 0 unspecified atom stereocenters. The van der Waals surface area contributed by atoms with Gasteiger partial charge in [-0.2, -0.15) is 0 Å². The highest BCUT2D eigenvalue weighted by Crippen LogP contribution is 2.38. The molecular formula is C17H14N2O2S. The quantitative estimate of drug-likeness (QED) is 0.838. The lowest BCUT2D eigenvalue weighted by Crippen LogP contribution is -2.17. The molecule has 4 nitrogen and oxygen atoms in total. The molecule has 2 aromatic carbocycles. The number of thioether (sulfide) groups is 1. The number of anilines is 1. The molecule has 0 saturated carbocycles. The van der Waals surface area contributed by atoms with Crippen molar-refractivity contribution < 1.29 is 9.59 Å². The Balaban J connectivity index is 1.86. The van der Waals surface area contributed by atoms with Crippen LogP contribution in [0.15, 0.2) is 58.3 Å². The first kappa shape index (κ1) is 14.4. The number of nitrogens with one attached hydrogen (secondary N) is 2. The van der Waals surface area contributed by atoms with Crippen LogP contribution < -0.4 is 10.6 Å². The van der Waals surface area contributed by atoms with Crippen molar-refractivity contribution in [2.45, 2.75) is 4.90 Å². The number of amides is 2. The fourth-order valence-electron chi connectivity index (χ4n) is 2.13. The van der Waals surface area contributed by atoms with Crippen molar-refractivity contribution in [3.63, 3.8) is 0 Å². The Morgan fingerprint density at radius 1 is 1.14 bits per heavy atom. The predicted molar refractivity (Wildman–Crippen MR) is 88.7 cm³/mol. The first-order chi connectivity index (χ1) is 10.7. The highest BCUT2D eigenvalue weighted by Gasteiger charge is 2.20. The van der Waals surface area contributed by atoms with Crippen LogP contribution in [0.1, 0.15) is 15.9 Å². The molecule has 2 aromatic rings. The molecule has 0 saturated heterocycles. The van der Waals surface area contributed by atoms with Gasteiger partial charge in [0.25, 0.3) is 11.8 Å². The third kappa shape index (κ3) is 2.89. The summed E-state index contributed by atoms with van der Waals surface area (Å²) in [6.45, 7) is 0. The molecule has 0 fully saturated rings. The van der Waals surface area contributed by atoms with E-state index in [2.05, 4.69) is 10.6 Å². The van der Waals surface area contributed by atoms with Gasteiger partial charge in [-0.3, -0.25) is 9.59 Å². The summed E-state index contributed by atoms with van der Waals surface area (Å²) in [5.74, 6) is -0.239. The molecule has 1 aliphatic rings. The summed E-state index contributed by atoms with van der Waals surface area (Å²) in [6.07, 6.45) is 1.82. The fourth-order valence-corrected chi connectivity index (χ4v) is 3.08. The Kier molecular flexibility index (Phi) is 3.98. The van der Waals surface area contributed by atoms with Gasteiger partial charge in [0, 0.05) is 17.5 Å². The Morgan fingerprint density at radius 2 is 1.86 bits per heavy atom. The number of para-hydroxylation sites is 1. The van der Waals surface area contributed by atoms with E-state index in [0.29, 0.717) is 10.5 Å². The molecule has 2 N–H and O–H groups in total. The minimum Gasteiger partial charge on any atom is -0.355 e. The van der Waals surface area contributed by atoms with Crippen LogP contribution >= 0.6 is 11.8 Å². The molecule has 0 aromatic heterocycles. The SMILES string of the molecule is CNC(=O)c1ccc(/C=C2/Sc3ccccc3NC2=O)cc1. The van der Waals surface area contributed by atoms with E-state index < -0.39 is 0 Å². The number of fused-ring (bicyclic) bond motifs is 1. The number of rotatable bonds is 2. The lowest BCUT2D eigenvalue weighted by Gasteiger charge is -2.18. The smallest absolute Gasteiger partial charge is 0.262 e. The second kappa shape index (κ2) is 6.07. The molecule has 5 heteroatoms. The molecule has 0 bridgehead atoms. The average molecular weight is 310 g/mol. The number of hydrogen-bond donors (Lipinski definition) is 2. The van der Waals surface area contributed by atoms with Crippen LogP contribution in [0.3, 0.4) is 0 Å². The van der Waals surface area contributed by atoms with Gasteiger partial charge in [0.05, 0.1) is 10.6 Å². The molecule has 0 spiro atoms. The van der Waals surface area contributed by atoms with Crippen LogP contribution in [0.2, 0.25) is 0 Å². The van der Waals surface area contributed by atoms with Gasteiger partial charge < -0.3 is 10.6 Å². The molecule has 2 amide bonds. The third-order valence-corrected chi connectivity index (χ3v) is 4.38. The van der Waals surface area contributed by atoms with Gasteiger partial charge in [0.1, 0.15) is 0 Å². The highest BCUT2D eigenvalue weighted by molar-refractivity contribution is 8.04. The zero-order valence-electron chi connectivity index (χ0n) is 11.9. The maximum atomic E-state index is 12.1. The number of carbonyl (C=O) groups is 2. The Hall–Kier alpha value is -2.53. The van der Waals surface area contributed by atoms with Crippen molar-refractivity contribution in [1.29, 1.82) is 0 Å². The summed E-state index contributed by atoms with van der Waals surface area (Å²) in [7, 11) is 1.60. The van der Waals surface area contributed by atoms with Gasteiger partial charge in [-0.25, -0.2) is 0 Å². The number of benzene rings is 2. The maximum absolute atomic E-state index is 12.1. The van der Waals surface area contributed by atoms with Crippen LogP contribution in [-0.4, -0.2) is 18.9 Å². The Bertz CT molecular complexity index is 766. The minimum atomic E-state index is -0.127. The van der Waals surface area contributed by atoms with Gasteiger partial charge in [-0.1, -0.05) is 36.0 Å². The first-order valence-electron chi connectivity index (χ1n) is 6.79. The Labute approximate surface area is 132 Å². The largest absolute Gasteiger partial charge is 0.355 e. The van der Waals surface area contributed by atoms with Gasteiger partial charge in [0.15, 0.2) is 0 Å². The van der Waals surface area contributed by atoms with Crippen molar-refractivity contribution in [3.8, 4) is 0 Å². The predicted octanol–water partition coefficient (Wildman–Crippen LogP) is 3.13. The average Bonchev–Trinajstić information content (AvgIpc) is 2.55. The molecule has 0 aliphatic carbocycles. The van der Waals surface area contributed by atoms with E-state index in [1.165, 1.54) is 11.8 Å². The van der Waals surface area contributed by atoms with Crippen LogP contribution in [0.4, 0.5) is 5.69 Å². The third-order valence-electron chi connectivity index (χ3n) is 3.28. The van der Waals surface area contributed by atoms with E-state index >= 15 is 0 Å². The summed E-state index contributed by atoms with van der Waals surface area (Å²) in [5, 5.41) is 5.45. The first-order valence-corrected chi connectivity index (χ1v) is 7.61. The number of carbonyl (C=O) groups excluding carboxylic acids is 2. The van der Waals surface area contributed by atoms with Crippen LogP contribution in [-0.2, 0) is 4.79 Å². The lowest BCUT2D eigenvalue weighted by atomic mass is 10.1. The molecule has 0 atom stereocenters. The van der Waals surface area contributed by atoms with Crippen molar-refractivity contribution in [1.82, 2.24) is 5.32 Å². The Morgan fingerprint density at radius 3 is 2.59 bits per heavy atom. The zero-order chi connectivity index (χ0) is 15.5. The summed E-state index contributed by atoms with van der Waals surface area (Å²) in [6, 6.07) is 14.8. The second-order valence-corrected chi connectivity index (χ2v) is 5.85. The molecule has 1 aliphatic heterocycles.